The summed E-state index contributed by atoms with van der Waals surface area (Å²) in [6.45, 7) is 0.455. The molecule has 0 aromatic heterocycles. The van der Waals surface area contributed by atoms with Crippen LogP contribution in [0.25, 0.3) is 0 Å². The molecule has 2 amide bonds. The number of hydrogen-bond donors (Lipinski definition) is 2. The summed E-state index contributed by atoms with van der Waals surface area (Å²) >= 11 is 0. The van der Waals surface area contributed by atoms with E-state index < -0.39 is 12.0 Å². The minimum absolute atomic E-state index is 0.0236. The van der Waals surface area contributed by atoms with Gasteiger partial charge in [-0.1, -0.05) is 18.2 Å². The molecule has 1 fully saturated rings. The van der Waals surface area contributed by atoms with Crippen LogP contribution in [0.3, 0.4) is 0 Å². The largest absolute Gasteiger partial charge is 0.481 e. The zero-order chi connectivity index (χ0) is 14.3. The first kappa shape index (κ1) is 12.7. The van der Waals surface area contributed by atoms with Crippen LogP contribution < -0.4 is 10.2 Å². The second kappa shape index (κ2) is 4.63. The predicted octanol–water partition coefficient (Wildman–Crippen LogP) is 0.480. The van der Waals surface area contributed by atoms with Crippen molar-refractivity contribution in [3.63, 3.8) is 0 Å². The lowest BCUT2D eigenvalue weighted by molar-refractivity contribution is -0.137. The number of fused-ring (bicyclic) bond motifs is 1. The van der Waals surface area contributed by atoms with E-state index in [4.69, 9.17) is 5.11 Å². The second-order valence-electron chi connectivity index (χ2n) is 5.14. The smallest absolute Gasteiger partial charge is 0.304 e. The Morgan fingerprint density at radius 3 is 2.75 bits per heavy atom. The van der Waals surface area contributed by atoms with Crippen molar-refractivity contribution in [2.24, 2.45) is 0 Å². The number of aliphatic carboxylic acids is 1. The Morgan fingerprint density at radius 2 is 2.10 bits per heavy atom. The van der Waals surface area contributed by atoms with Crippen LogP contribution in [0, 0.1) is 0 Å². The SMILES string of the molecule is O=C(O)CC1CN(C2CC(=O)NC2=O)c2ccccc21. The molecule has 2 N–H and O–H groups in total. The molecule has 3 rings (SSSR count). The van der Waals surface area contributed by atoms with Gasteiger partial charge in [0.1, 0.15) is 6.04 Å². The van der Waals surface area contributed by atoms with E-state index in [1.165, 1.54) is 0 Å². The highest BCUT2D eigenvalue weighted by molar-refractivity contribution is 6.07. The molecule has 0 bridgehead atoms. The Kier molecular flexibility index (Phi) is 2.93. The summed E-state index contributed by atoms with van der Waals surface area (Å²) in [5, 5.41) is 11.3. The Labute approximate surface area is 115 Å². The standard InChI is InChI=1S/C14H14N2O4/c17-12-6-11(14(20)15-12)16-7-8(5-13(18)19)9-3-1-2-4-10(9)16/h1-4,8,11H,5-7H2,(H,18,19)(H,15,17,20). The van der Waals surface area contributed by atoms with Crippen LogP contribution in [0.4, 0.5) is 5.69 Å². The Hall–Kier alpha value is -2.37. The van der Waals surface area contributed by atoms with E-state index >= 15 is 0 Å². The number of carbonyl (C=O) groups excluding carboxylic acids is 2. The molecular formula is C14H14N2O4. The van der Waals surface area contributed by atoms with Crippen LogP contribution in [-0.4, -0.2) is 35.5 Å². The number of benzene rings is 1. The van der Waals surface area contributed by atoms with E-state index in [1.807, 2.05) is 29.2 Å². The summed E-state index contributed by atoms with van der Waals surface area (Å²) in [5.41, 5.74) is 1.79. The van der Waals surface area contributed by atoms with Crippen molar-refractivity contribution < 1.29 is 19.5 Å². The van der Waals surface area contributed by atoms with Crippen molar-refractivity contribution in [3.8, 4) is 0 Å². The molecule has 2 atom stereocenters. The normalized spacial score (nSPS) is 24.7. The maximum atomic E-state index is 11.8. The molecule has 0 aliphatic carbocycles. The van der Waals surface area contributed by atoms with Crippen molar-refractivity contribution in [2.75, 3.05) is 11.4 Å². The molecule has 20 heavy (non-hydrogen) atoms. The molecular weight excluding hydrogens is 260 g/mol. The average Bonchev–Trinajstić information content (AvgIpc) is 2.90. The first-order chi connectivity index (χ1) is 9.56. The van der Waals surface area contributed by atoms with E-state index in [1.54, 1.807) is 0 Å². The quantitative estimate of drug-likeness (QED) is 0.783. The highest BCUT2D eigenvalue weighted by Gasteiger charge is 2.41. The lowest BCUT2D eigenvalue weighted by Gasteiger charge is -2.24. The zero-order valence-corrected chi connectivity index (χ0v) is 10.7. The van der Waals surface area contributed by atoms with Crippen LogP contribution in [0.1, 0.15) is 24.3 Å². The molecule has 1 aromatic rings. The van der Waals surface area contributed by atoms with Gasteiger partial charge in [-0.3, -0.25) is 19.7 Å². The van der Waals surface area contributed by atoms with Crippen LogP contribution in [0.2, 0.25) is 0 Å². The molecule has 0 saturated carbocycles. The molecule has 2 unspecified atom stereocenters. The van der Waals surface area contributed by atoms with E-state index in [9.17, 15) is 14.4 Å². The monoisotopic (exact) mass is 274 g/mol. The molecule has 0 radical (unpaired) electrons. The Balaban J connectivity index is 1.92. The molecule has 1 saturated heterocycles. The topological polar surface area (TPSA) is 86.7 Å². The highest BCUT2D eigenvalue weighted by atomic mass is 16.4. The van der Waals surface area contributed by atoms with Crippen LogP contribution >= 0.6 is 0 Å². The van der Waals surface area contributed by atoms with Gasteiger partial charge in [-0.05, 0) is 11.6 Å². The number of para-hydroxylation sites is 1. The summed E-state index contributed by atoms with van der Waals surface area (Å²) in [4.78, 5) is 36.0. The van der Waals surface area contributed by atoms with Gasteiger partial charge in [0.25, 0.3) is 0 Å². The third-order valence-electron chi connectivity index (χ3n) is 3.84. The third kappa shape index (κ3) is 2.03. The first-order valence-corrected chi connectivity index (χ1v) is 6.47. The van der Waals surface area contributed by atoms with E-state index in [2.05, 4.69) is 5.32 Å². The van der Waals surface area contributed by atoms with Gasteiger partial charge in [0.15, 0.2) is 0 Å². The van der Waals surface area contributed by atoms with E-state index in [-0.39, 0.29) is 30.6 Å². The number of anilines is 1. The highest BCUT2D eigenvalue weighted by Crippen LogP contribution is 2.40. The van der Waals surface area contributed by atoms with Crippen molar-refractivity contribution in [1.82, 2.24) is 5.32 Å². The number of hydrogen-bond acceptors (Lipinski definition) is 4. The van der Waals surface area contributed by atoms with Gasteiger partial charge >= 0.3 is 5.97 Å². The minimum atomic E-state index is -0.862. The number of carboxylic acid groups (broad SMARTS) is 1. The Bertz CT molecular complexity index is 599. The number of rotatable bonds is 3. The van der Waals surface area contributed by atoms with Crippen LogP contribution in [0.5, 0.6) is 0 Å². The molecule has 0 spiro atoms. The van der Waals surface area contributed by atoms with Gasteiger partial charge in [-0.15, -0.1) is 0 Å². The summed E-state index contributed by atoms with van der Waals surface area (Å²) in [6.07, 6.45) is 0.156. The van der Waals surface area contributed by atoms with E-state index in [0.717, 1.165) is 11.3 Å². The fourth-order valence-corrected chi connectivity index (χ4v) is 3.00. The van der Waals surface area contributed by atoms with Crippen LogP contribution in [0.15, 0.2) is 24.3 Å². The Morgan fingerprint density at radius 1 is 1.35 bits per heavy atom. The summed E-state index contributed by atoms with van der Waals surface area (Å²) in [6, 6.07) is 6.94. The number of amides is 2. The number of carboxylic acids is 1. The van der Waals surface area contributed by atoms with Gasteiger partial charge in [0.05, 0.1) is 12.8 Å². The second-order valence-corrected chi connectivity index (χ2v) is 5.14. The summed E-state index contributed by atoms with van der Waals surface area (Å²) < 4.78 is 0. The molecule has 2 aliphatic heterocycles. The van der Waals surface area contributed by atoms with Gasteiger partial charge in [0, 0.05) is 18.2 Å². The third-order valence-corrected chi connectivity index (χ3v) is 3.84. The molecule has 2 aliphatic rings. The molecule has 1 aromatic carbocycles. The molecule has 2 heterocycles. The zero-order valence-electron chi connectivity index (χ0n) is 10.7. The maximum Gasteiger partial charge on any atom is 0.304 e. The summed E-state index contributed by atoms with van der Waals surface area (Å²) in [7, 11) is 0. The van der Waals surface area contributed by atoms with Crippen LogP contribution in [-0.2, 0) is 14.4 Å². The molecule has 6 heteroatoms. The fourth-order valence-electron chi connectivity index (χ4n) is 3.00. The lowest BCUT2D eigenvalue weighted by atomic mass is 9.98. The van der Waals surface area contributed by atoms with Crippen molar-refractivity contribution in [1.29, 1.82) is 0 Å². The fraction of sp³-hybridized carbons (Fsp3) is 0.357. The van der Waals surface area contributed by atoms with Gasteiger partial charge in [0.2, 0.25) is 11.8 Å². The number of imide groups is 1. The molecule has 6 nitrogen and oxygen atoms in total. The number of nitrogens with one attached hydrogen (secondary N) is 1. The van der Waals surface area contributed by atoms with Gasteiger partial charge in [-0.25, -0.2) is 0 Å². The first-order valence-electron chi connectivity index (χ1n) is 6.47. The summed E-state index contributed by atoms with van der Waals surface area (Å²) in [5.74, 6) is -1.59. The van der Waals surface area contributed by atoms with Gasteiger partial charge < -0.3 is 10.0 Å². The van der Waals surface area contributed by atoms with Crippen molar-refractivity contribution in [3.05, 3.63) is 29.8 Å². The molecule has 104 valence electrons. The van der Waals surface area contributed by atoms with Gasteiger partial charge in [-0.2, -0.15) is 0 Å². The number of carbonyl (C=O) groups is 3. The van der Waals surface area contributed by atoms with Crippen molar-refractivity contribution in [2.45, 2.75) is 24.8 Å². The lowest BCUT2D eigenvalue weighted by Crippen LogP contribution is -2.40. The predicted molar refractivity (Wildman–Crippen MR) is 70.3 cm³/mol. The van der Waals surface area contributed by atoms with Crippen molar-refractivity contribution >= 4 is 23.5 Å². The van der Waals surface area contributed by atoms with E-state index in [0.29, 0.717) is 6.54 Å². The maximum absolute atomic E-state index is 11.8. The number of nitrogens with zero attached hydrogens (tertiary/aromatic N) is 1. The average molecular weight is 274 g/mol. The minimum Gasteiger partial charge on any atom is -0.481 e.